The van der Waals surface area contributed by atoms with Crippen LogP contribution in [0.4, 0.5) is 4.39 Å². The van der Waals surface area contributed by atoms with E-state index in [-0.39, 0.29) is 12.4 Å². The second-order valence-corrected chi connectivity index (χ2v) is 6.07. The van der Waals surface area contributed by atoms with Crippen LogP contribution in [-0.2, 0) is 25.9 Å². The number of nitrogens with two attached hydrogens (primary N) is 2. The summed E-state index contributed by atoms with van der Waals surface area (Å²) in [5.41, 5.74) is 17.9. The Bertz CT molecular complexity index is 723. The van der Waals surface area contributed by atoms with Crippen LogP contribution in [0.25, 0.3) is 0 Å². The fourth-order valence-corrected chi connectivity index (χ4v) is 2.78. The second kappa shape index (κ2) is 8.71. The number of hydrogen-bond donors (Lipinski definition) is 2. The zero-order valence-electron chi connectivity index (χ0n) is 14.5. The molecule has 0 spiro atoms. The standard InChI is InChI=1S/C20H26FN3/c1-14(24-2)3-6-17-7-4-15(10-18(17)12-22)9-16-5-8-20(21)19(11-16)13-23/h4-5,7-8,10-11H,3,6,9,12-13,22-23H2,1-2H3. The summed E-state index contributed by atoms with van der Waals surface area (Å²) in [6, 6.07) is 11.6. The van der Waals surface area contributed by atoms with Crippen LogP contribution in [-0.4, -0.2) is 12.8 Å². The smallest absolute Gasteiger partial charge is 0.127 e. The molecule has 0 aliphatic heterocycles. The Morgan fingerprint density at radius 3 is 2.21 bits per heavy atom. The highest BCUT2D eigenvalue weighted by Crippen LogP contribution is 2.18. The molecule has 2 aromatic carbocycles. The number of benzene rings is 2. The second-order valence-electron chi connectivity index (χ2n) is 6.07. The van der Waals surface area contributed by atoms with E-state index in [1.54, 1.807) is 0 Å². The Labute approximate surface area is 143 Å². The van der Waals surface area contributed by atoms with Gasteiger partial charge >= 0.3 is 0 Å². The fourth-order valence-electron chi connectivity index (χ4n) is 2.78. The van der Waals surface area contributed by atoms with Gasteiger partial charge in [0.2, 0.25) is 0 Å². The molecule has 0 atom stereocenters. The van der Waals surface area contributed by atoms with Gasteiger partial charge in [-0.1, -0.05) is 30.3 Å². The Morgan fingerprint density at radius 2 is 1.58 bits per heavy atom. The van der Waals surface area contributed by atoms with Crippen molar-refractivity contribution >= 4 is 5.71 Å². The first kappa shape index (κ1) is 18.3. The van der Waals surface area contributed by atoms with Crippen molar-refractivity contribution < 1.29 is 4.39 Å². The van der Waals surface area contributed by atoms with Crippen LogP contribution in [0.5, 0.6) is 0 Å². The monoisotopic (exact) mass is 327 g/mol. The third kappa shape index (κ3) is 4.73. The lowest BCUT2D eigenvalue weighted by Crippen LogP contribution is -2.05. The minimum atomic E-state index is -0.243. The number of hydrogen-bond acceptors (Lipinski definition) is 3. The molecule has 4 N–H and O–H groups in total. The van der Waals surface area contributed by atoms with E-state index in [4.69, 9.17) is 11.5 Å². The first-order valence-corrected chi connectivity index (χ1v) is 8.27. The molecule has 2 rings (SSSR count). The summed E-state index contributed by atoms with van der Waals surface area (Å²) in [5.74, 6) is -0.243. The van der Waals surface area contributed by atoms with E-state index in [0.29, 0.717) is 12.1 Å². The van der Waals surface area contributed by atoms with E-state index in [2.05, 4.69) is 23.2 Å². The fraction of sp³-hybridized carbons (Fsp3) is 0.350. The lowest BCUT2D eigenvalue weighted by atomic mass is 9.95. The van der Waals surface area contributed by atoms with E-state index < -0.39 is 0 Å². The van der Waals surface area contributed by atoms with E-state index in [1.807, 2.05) is 26.1 Å². The maximum absolute atomic E-state index is 13.6. The molecule has 3 nitrogen and oxygen atoms in total. The normalized spacial score (nSPS) is 11.8. The van der Waals surface area contributed by atoms with Gasteiger partial charge in [-0.25, -0.2) is 4.39 Å². The summed E-state index contributed by atoms with van der Waals surface area (Å²) in [6.45, 7) is 2.77. The van der Waals surface area contributed by atoms with E-state index in [9.17, 15) is 4.39 Å². The lowest BCUT2D eigenvalue weighted by molar-refractivity contribution is 0.610. The molecule has 2 aromatic rings. The van der Waals surface area contributed by atoms with Gasteiger partial charge in [-0.2, -0.15) is 0 Å². The van der Waals surface area contributed by atoms with Gasteiger partial charge in [-0.15, -0.1) is 0 Å². The van der Waals surface area contributed by atoms with E-state index in [1.165, 1.54) is 17.2 Å². The van der Waals surface area contributed by atoms with E-state index >= 15 is 0 Å². The summed E-state index contributed by atoms with van der Waals surface area (Å²) in [5, 5.41) is 0. The van der Waals surface area contributed by atoms with Crippen molar-refractivity contribution in [2.45, 2.75) is 39.3 Å². The molecule has 24 heavy (non-hydrogen) atoms. The molecule has 0 aliphatic rings. The molecule has 0 saturated heterocycles. The van der Waals surface area contributed by atoms with Crippen molar-refractivity contribution in [1.29, 1.82) is 0 Å². The van der Waals surface area contributed by atoms with Crippen LogP contribution >= 0.6 is 0 Å². The minimum absolute atomic E-state index is 0.213. The average molecular weight is 327 g/mol. The van der Waals surface area contributed by atoms with Gasteiger partial charge in [0.25, 0.3) is 0 Å². The molecule has 0 aliphatic carbocycles. The molecule has 0 unspecified atom stereocenters. The van der Waals surface area contributed by atoms with Crippen LogP contribution in [0.1, 0.15) is 41.2 Å². The van der Waals surface area contributed by atoms with Crippen LogP contribution in [0.2, 0.25) is 0 Å². The first-order valence-electron chi connectivity index (χ1n) is 8.27. The number of aliphatic imine (C=N–C) groups is 1. The van der Waals surface area contributed by atoms with Crippen molar-refractivity contribution in [2.75, 3.05) is 7.05 Å². The average Bonchev–Trinajstić information content (AvgIpc) is 2.61. The summed E-state index contributed by atoms with van der Waals surface area (Å²) < 4.78 is 13.6. The number of aryl methyl sites for hydroxylation is 1. The summed E-state index contributed by atoms with van der Waals surface area (Å²) in [4.78, 5) is 4.20. The quantitative estimate of drug-likeness (QED) is 0.766. The molecule has 0 radical (unpaired) electrons. The van der Waals surface area contributed by atoms with Gasteiger partial charge in [0, 0.05) is 31.4 Å². The number of rotatable bonds is 7. The highest BCUT2D eigenvalue weighted by Gasteiger charge is 2.07. The van der Waals surface area contributed by atoms with Crippen molar-refractivity contribution in [3.05, 3.63) is 70.0 Å². The Kier molecular flexibility index (Phi) is 6.64. The SMILES string of the molecule is CN=C(C)CCc1ccc(Cc2ccc(F)c(CN)c2)cc1CN. The first-order chi connectivity index (χ1) is 11.6. The molecule has 0 saturated carbocycles. The predicted molar refractivity (Wildman–Crippen MR) is 98.8 cm³/mol. The van der Waals surface area contributed by atoms with Gasteiger partial charge in [0.15, 0.2) is 0 Å². The highest BCUT2D eigenvalue weighted by molar-refractivity contribution is 5.81. The molecule has 0 heterocycles. The maximum atomic E-state index is 13.6. The lowest BCUT2D eigenvalue weighted by Gasteiger charge is -2.11. The zero-order valence-corrected chi connectivity index (χ0v) is 14.5. The van der Waals surface area contributed by atoms with Crippen molar-refractivity contribution in [3.8, 4) is 0 Å². The molecule has 0 bridgehead atoms. The summed E-state index contributed by atoms with van der Waals surface area (Å²) in [7, 11) is 1.82. The molecule has 0 fully saturated rings. The number of nitrogens with zero attached hydrogens (tertiary/aromatic N) is 1. The van der Waals surface area contributed by atoms with Gasteiger partial charge in [0.1, 0.15) is 5.82 Å². The Morgan fingerprint density at radius 1 is 0.958 bits per heavy atom. The van der Waals surface area contributed by atoms with E-state index in [0.717, 1.165) is 36.1 Å². The Hall–Kier alpha value is -2.04. The topological polar surface area (TPSA) is 64.4 Å². The molecule has 0 amide bonds. The van der Waals surface area contributed by atoms with Crippen LogP contribution in [0.15, 0.2) is 41.4 Å². The predicted octanol–water partition coefficient (Wildman–Crippen LogP) is 3.36. The molecule has 4 heteroatoms. The highest BCUT2D eigenvalue weighted by atomic mass is 19.1. The van der Waals surface area contributed by atoms with Gasteiger partial charge < -0.3 is 11.5 Å². The maximum Gasteiger partial charge on any atom is 0.127 e. The van der Waals surface area contributed by atoms with Crippen LogP contribution in [0, 0.1) is 5.82 Å². The van der Waals surface area contributed by atoms with Gasteiger partial charge in [-0.3, -0.25) is 4.99 Å². The van der Waals surface area contributed by atoms with Crippen molar-refractivity contribution in [1.82, 2.24) is 0 Å². The molecule has 0 aromatic heterocycles. The third-order valence-electron chi connectivity index (χ3n) is 4.37. The van der Waals surface area contributed by atoms with Crippen molar-refractivity contribution in [3.63, 3.8) is 0 Å². The Balaban J connectivity index is 2.17. The van der Waals surface area contributed by atoms with Gasteiger partial charge in [0.05, 0.1) is 0 Å². The zero-order chi connectivity index (χ0) is 17.5. The molecule has 128 valence electrons. The largest absolute Gasteiger partial charge is 0.326 e. The summed E-state index contributed by atoms with van der Waals surface area (Å²) in [6.07, 6.45) is 2.64. The molecular formula is C20H26FN3. The molecular weight excluding hydrogens is 301 g/mol. The minimum Gasteiger partial charge on any atom is -0.326 e. The van der Waals surface area contributed by atoms with Crippen LogP contribution < -0.4 is 11.5 Å². The summed E-state index contributed by atoms with van der Waals surface area (Å²) >= 11 is 0. The van der Waals surface area contributed by atoms with Crippen molar-refractivity contribution in [2.24, 2.45) is 16.5 Å². The number of halogens is 1. The van der Waals surface area contributed by atoms with Crippen LogP contribution in [0.3, 0.4) is 0 Å². The third-order valence-corrected chi connectivity index (χ3v) is 4.37. The van der Waals surface area contributed by atoms with Gasteiger partial charge in [-0.05, 0) is 54.5 Å².